The van der Waals surface area contributed by atoms with Gasteiger partial charge in [-0.25, -0.2) is 0 Å². The van der Waals surface area contributed by atoms with Crippen LogP contribution in [0.1, 0.15) is 22.8 Å². The molecule has 0 fully saturated rings. The van der Waals surface area contributed by atoms with Crippen molar-refractivity contribution in [2.24, 2.45) is 10.7 Å². The molecular weight excluding hydrogens is 192 g/mol. The second kappa shape index (κ2) is 3.38. The predicted octanol–water partition coefficient (Wildman–Crippen LogP) is 1.22. The second-order valence-electron chi connectivity index (χ2n) is 3.58. The minimum Gasteiger partial charge on any atom is -0.447 e. The number of carbonyl (C=O) groups is 1. The van der Waals surface area contributed by atoms with Crippen molar-refractivity contribution in [1.82, 2.24) is 0 Å². The first-order chi connectivity index (χ1) is 7.09. The minimum absolute atomic E-state index is 0.0501. The first-order valence-corrected chi connectivity index (χ1v) is 4.70. The standard InChI is InChI=1S/C11H12N2O2/c1-6-4-3-5-8(7(6)2)9-10(14)13-11(12)15-9/h3-5,9H,1-2H3,(H2,12,13,14). The average Bonchev–Trinajstić information content (AvgIpc) is 2.50. The van der Waals surface area contributed by atoms with Gasteiger partial charge in [-0.05, 0) is 25.0 Å². The molecule has 1 aromatic carbocycles. The molecule has 4 nitrogen and oxygen atoms in total. The Morgan fingerprint density at radius 1 is 1.40 bits per heavy atom. The molecule has 1 amide bonds. The molecule has 15 heavy (non-hydrogen) atoms. The fourth-order valence-electron chi connectivity index (χ4n) is 1.62. The van der Waals surface area contributed by atoms with Gasteiger partial charge in [0.1, 0.15) is 0 Å². The molecule has 1 aromatic rings. The highest BCUT2D eigenvalue weighted by molar-refractivity contribution is 5.98. The Kier molecular flexibility index (Phi) is 2.19. The van der Waals surface area contributed by atoms with Crippen LogP contribution in [-0.2, 0) is 9.53 Å². The van der Waals surface area contributed by atoms with E-state index in [4.69, 9.17) is 10.5 Å². The molecule has 0 aliphatic carbocycles. The van der Waals surface area contributed by atoms with Gasteiger partial charge in [0.25, 0.3) is 11.9 Å². The van der Waals surface area contributed by atoms with Gasteiger partial charge in [-0.3, -0.25) is 4.79 Å². The Bertz CT molecular complexity index is 452. The molecule has 1 atom stereocenters. The first kappa shape index (κ1) is 9.71. The lowest BCUT2D eigenvalue weighted by Crippen LogP contribution is -2.15. The van der Waals surface area contributed by atoms with E-state index in [0.717, 1.165) is 16.7 Å². The Balaban J connectivity index is 2.40. The number of rotatable bonds is 1. The fourth-order valence-corrected chi connectivity index (χ4v) is 1.62. The van der Waals surface area contributed by atoms with Crippen molar-refractivity contribution < 1.29 is 9.53 Å². The number of aliphatic imine (C=N–C) groups is 1. The summed E-state index contributed by atoms with van der Waals surface area (Å²) in [6, 6.07) is 5.69. The molecule has 0 radical (unpaired) electrons. The number of hydrogen-bond donors (Lipinski definition) is 1. The van der Waals surface area contributed by atoms with Crippen molar-refractivity contribution >= 4 is 11.9 Å². The summed E-state index contributed by atoms with van der Waals surface area (Å²) in [5.74, 6) is -0.332. The number of amidine groups is 1. The average molecular weight is 204 g/mol. The largest absolute Gasteiger partial charge is 0.447 e. The monoisotopic (exact) mass is 204 g/mol. The first-order valence-electron chi connectivity index (χ1n) is 4.70. The predicted molar refractivity (Wildman–Crippen MR) is 56.4 cm³/mol. The summed E-state index contributed by atoms with van der Waals surface area (Å²) in [5.41, 5.74) is 8.35. The van der Waals surface area contributed by atoms with Crippen LogP contribution in [0.2, 0.25) is 0 Å². The van der Waals surface area contributed by atoms with Crippen molar-refractivity contribution in [3.8, 4) is 0 Å². The Morgan fingerprint density at radius 3 is 2.73 bits per heavy atom. The summed E-state index contributed by atoms with van der Waals surface area (Å²) >= 11 is 0. The number of ether oxygens (including phenoxy) is 1. The minimum atomic E-state index is -0.662. The maximum Gasteiger partial charge on any atom is 0.296 e. The van der Waals surface area contributed by atoms with Crippen molar-refractivity contribution in [3.05, 3.63) is 34.9 Å². The van der Waals surface area contributed by atoms with Crippen LogP contribution in [0.5, 0.6) is 0 Å². The molecule has 0 saturated heterocycles. The lowest BCUT2D eigenvalue weighted by atomic mass is 9.99. The molecule has 1 heterocycles. The van der Waals surface area contributed by atoms with Gasteiger partial charge in [-0.15, -0.1) is 0 Å². The molecule has 0 bridgehead atoms. The van der Waals surface area contributed by atoms with Crippen molar-refractivity contribution in [3.63, 3.8) is 0 Å². The van der Waals surface area contributed by atoms with Crippen LogP contribution in [0.4, 0.5) is 0 Å². The second-order valence-corrected chi connectivity index (χ2v) is 3.58. The zero-order chi connectivity index (χ0) is 11.0. The highest BCUT2D eigenvalue weighted by atomic mass is 16.5. The number of carbonyl (C=O) groups excluding carboxylic acids is 1. The molecule has 1 unspecified atom stereocenters. The maximum atomic E-state index is 11.5. The third-order valence-electron chi connectivity index (χ3n) is 2.61. The lowest BCUT2D eigenvalue weighted by Gasteiger charge is -2.13. The molecule has 0 spiro atoms. The summed E-state index contributed by atoms with van der Waals surface area (Å²) < 4.78 is 5.17. The van der Waals surface area contributed by atoms with Gasteiger partial charge < -0.3 is 10.5 Å². The third kappa shape index (κ3) is 1.58. The summed E-state index contributed by atoms with van der Waals surface area (Å²) in [5, 5.41) is 0. The maximum absolute atomic E-state index is 11.5. The number of aryl methyl sites for hydroxylation is 1. The smallest absolute Gasteiger partial charge is 0.296 e. The van der Waals surface area contributed by atoms with E-state index < -0.39 is 6.10 Å². The van der Waals surface area contributed by atoms with Gasteiger partial charge in [0.2, 0.25) is 6.10 Å². The van der Waals surface area contributed by atoms with Crippen LogP contribution in [0.15, 0.2) is 23.2 Å². The molecule has 0 saturated carbocycles. The fraction of sp³-hybridized carbons (Fsp3) is 0.273. The number of nitrogens with zero attached hydrogens (tertiary/aromatic N) is 1. The zero-order valence-corrected chi connectivity index (χ0v) is 8.65. The number of benzene rings is 1. The van der Waals surface area contributed by atoms with Crippen molar-refractivity contribution in [1.29, 1.82) is 0 Å². The van der Waals surface area contributed by atoms with E-state index in [-0.39, 0.29) is 11.9 Å². The van der Waals surface area contributed by atoms with Gasteiger partial charge in [-0.2, -0.15) is 4.99 Å². The highest BCUT2D eigenvalue weighted by Crippen LogP contribution is 2.27. The topological polar surface area (TPSA) is 64.7 Å². The molecule has 0 aromatic heterocycles. The summed E-state index contributed by atoms with van der Waals surface area (Å²) in [6.07, 6.45) is -0.662. The molecular formula is C11H12N2O2. The van der Waals surface area contributed by atoms with Gasteiger partial charge in [-0.1, -0.05) is 18.2 Å². The summed E-state index contributed by atoms with van der Waals surface area (Å²) in [6.45, 7) is 3.94. The van der Waals surface area contributed by atoms with E-state index in [0.29, 0.717) is 0 Å². The summed E-state index contributed by atoms with van der Waals surface area (Å²) in [7, 11) is 0. The van der Waals surface area contributed by atoms with E-state index in [9.17, 15) is 4.79 Å². The van der Waals surface area contributed by atoms with Crippen LogP contribution < -0.4 is 5.73 Å². The molecule has 2 N–H and O–H groups in total. The van der Waals surface area contributed by atoms with Crippen LogP contribution in [0, 0.1) is 13.8 Å². The van der Waals surface area contributed by atoms with Gasteiger partial charge >= 0.3 is 0 Å². The molecule has 78 valence electrons. The normalized spacial score (nSPS) is 20.0. The highest BCUT2D eigenvalue weighted by Gasteiger charge is 2.30. The zero-order valence-electron chi connectivity index (χ0n) is 8.65. The third-order valence-corrected chi connectivity index (χ3v) is 2.61. The van der Waals surface area contributed by atoms with E-state index >= 15 is 0 Å². The molecule has 2 rings (SSSR count). The lowest BCUT2D eigenvalue weighted by molar-refractivity contribution is -0.122. The van der Waals surface area contributed by atoms with E-state index in [1.165, 1.54) is 0 Å². The Morgan fingerprint density at radius 2 is 2.13 bits per heavy atom. The molecule has 1 aliphatic heterocycles. The van der Waals surface area contributed by atoms with Gasteiger partial charge in [0, 0.05) is 5.56 Å². The molecule has 1 aliphatic rings. The molecule has 4 heteroatoms. The van der Waals surface area contributed by atoms with Crippen LogP contribution >= 0.6 is 0 Å². The quantitative estimate of drug-likeness (QED) is 0.747. The van der Waals surface area contributed by atoms with Crippen molar-refractivity contribution in [2.75, 3.05) is 0 Å². The Labute approximate surface area is 87.8 Å². The van der Waals surface area contributed by atoms with E-state index in [1.54, 1.807) is 0 Å². The van der Waals surface area contributed by atoms with Crippen LogP contribution in [0.3, 0.4) is 0 Å². The Hall–Kier alpha value is -1.84. The van der Waals surface area contributed by atoms with Gasteiger partial charge in [0.05, 0.1) is 0 Å². The van der Waals surface area contributed by atoms with Crippen molar-refractivity contribution in [2.45, 2.75) is 20.0 Å². The number of hydrogen-bond acceptors (Lipinski definition) is 3. The van der Waals surface area contributed by atoms with Crippen LogP contribution in [0.25, 0.3) is 0 Å². The number of nitrogens with two attached hydrogens (primary N) is 1. The van der Waals surface area contributed by atoms with Crippen LogP contribution in [-0.4, -0.2) is 11.9 Å². The SMILES string of the molecule is Cc1cccc(C2OC(N)=NC2=O)c1C. The van der Waals surface area contributed by atoms with Gasteiger partial charge in [0.15, 0.2) is 0 Å². The summed E-state index contributed by atoms with van der Waals surface area (Å²) in [4.78, 5) is 15.0. The van der Waals surface area contributed by atoms with E-state index in [1.807, 2.05) is 32.0 Å². The van der Waals surface area contributed by atoms with E-state index in [2.05, 4.69) is 4.99 Å². The number of amides is 1.